The fraction of sp³-hybridized carbons (Fsp3) is 0.875. The molecule has 0 bridgehead atoms. The Bertz CT molecular complexity index is 384. The number of hydrogen-bond acceptors (Lipinski definition) is 5. The fourth-order valence-corrected chi connectivity index (χ4v) is 1.68. The first-order chi connectivity index (χ1) is 8.07. The third-order valence-electron chi connectivity index (χ3n) is 2.07. The molecule has 0 saturated carbocycles. The van der Waals surface area contributed by atoms with E-state index in [-0.39, 0.29) is 5.17 Å². The molecule has 0 saturated heterocycles. The van der Waals surface area contributed by atoms with Gasteiger partial charge in [0.25, 0.3) is 5.17 Å². The van der Waals surface area contributed by atoms with E-state index in [1.54, 1.807) is 13.8 Å². The summed E-state index contributed by atoms with van der Waals surface area (Å²) >= 11 is 4.67. The van der Waals surface area contributed by atoms with Gasteiger partial charge in [0.1, 0.15) is 6.61 Å². The summed E-state index contributed by atoms with van der Waals surface area (Å²) in [6, 6.07) is 0. The molecule has 1 unspecified atom stereocenters. The van der Waals surface area contributed by atoms with Crippen LogP contribution in [0.2, 0.25) is 0 Å². The molecule has 0 aliphatic heterocycles. The number of nitrogens with zero attached hydrogens (tertiary/aromatic N) is 1. The van der Waals surface area contributed by atoms with Crippen molar-refractivity contribution < 1.29 is 30.9 Å². The lowest BCUT2D eigenvalue weighted by atomic mass is 10.4. The summed E-state index contributed by atoms with van der Waals surface area (Å²) in [6.45, 7) is 2.96. The van der Waals surface area contributed by atoms with Gasteiger partial charge in [-0.2, -0.15) is 8.78 Å². The average molecular weight is 308 g/mol. The maximum Gasteiger partial charge on any atom is 0.368 e. The second kappa shape index (κ2) is 6.53. The molecule has 0 aromatic heterocycles. The molecule has 5 nitrogen and oxygen atoms in total. The van der Waals surface area contributed by atoms with E-state index in [1.807, 2.05) is 0 Å². The minimum atomic E-state index is -6.08. The molecule has 18 heavy (non-hydrogen) atoms. The molecule has 0 radical (unpaired) electrons. The number of rotatable bonds is 6. The lowest BCUT2D eigenvalue weighted by Gasteiger charge is -2.25. The van der Waals surface area contributed by atoms with Crippen molar-refractivity contribution in [1.82, 2.24) is 4.90 Å². The first-order valence-corrected chi connectivity index (χ1v) is 6.78. The van der Waals surface area contributed by atoms with Crippen molar-refractivity contribution in [2.24, 2.45) is 0 Å². The molecule has 0 rings (SSSR count). The summed E-state index contributed by atoms with van der Waals surface area (Å²) in [7, 11) is -6.08. The summed E-state index contributed by atoms with van der Waals surface area (Å²) in [6.07, 6.45) is -3.27. The molecule has 0 fully saturated rings. The summed E-state index contributed by atoms with van der Waals surface area (Å²) in [5, 5.41) is -5.27. The van der Waals surface area contributed by atoms with Crippen molar-refractivity contribution >= 4 is 27.5 Å². The SMILES string of the molecule is CCN(CC)C(=S)OCC(F)C(F)(F)S(=O)(=O)[O-]. The van der Waals surface area contributed by atoms with Crippen molar-refractivity contribution in [1.29, 1.82) is 0 Å². The second-order valence-corrected chi connectivity index (χ2v) is 5.03. The molecule has 0 N–H and O–H groups in total. The molecule has 0 aliphatic carbocycles. The Morgan fingerprint density at radius 1 is 1.44 bits per heavy atom. The third kappa shape index (κ3) is 4.25. The van der Waals surface area contributed by atoms with Crippen LogP contribution < -0.4 is 0 Å². The lowest BCUT2D eigenvalue weighted by Crippen LogP contribution is -2.42. The molecule has 0 spiro atoms. The molecule has 0 heterocycles. The smallest absolute Gasteiger partial charge is 0.368 e. The predicted molar refractivity (Wildman–Crippen MR) is 61.0 cm³/mol. The number of thiocarbonyl (C=S) groups is 1. The van der Waals surface area contributed by atoms with Gasteiger partial charge >= 0.3 is 5.25 Å². The Morgan fingerprint density at radius 2 is 1.89 bits per heavy atom. The summed E-state index contributed by atoms with van der Waals surface area (Å²) in [5.74, 6) is 0. The minimum Gasteiger partial charge on any atom is -0.743 e. The van der Waals surface area contributed by atoms with Crippen LogP contribution in [0, 0.1) is 0 Å². The van der Waals surface area contributed by atoms with E-state index in [2.05, 4.69) is 17.0 Å². The van der Waals surface area contributed by atoms with Crippen LogP contribution in [0.25, 0.3) is 0 Å². The van der Waals surface area contributed by atoms with Crippen molar-refractivity contribution in [2.75, 3.05) is 19.7 Å². The Kier molecular flexibility index (Phi) is 6.30. The van der Waals surface area contributed by atoms with E-state index in [1.165, 1.54) is 4.90 Å². The van der Waals surface area contributed by atoms with Gasteiger partial charge in [-0.1, -0.05) is 0 Å². The highest BCUT2D eigenvalue weighted by Crippen LogP contribution is 2.27. The monoisotopic (exact) mass is 308 g/mol. The number of alkyl halides is 3. The molecule has 10 heteroatoms. The minimum absolute atomic E-state index is 0.234. The summed E-state index contributed by atoms with van der Waals surface area (Å²) < 4.78 is 73.4. The molecular formula is C8H13F3NO4S2-. The van der Waals surface area contributed by atoms with Gasteiger partial charge in [-0.25, -0.2) is 12.8 Å². The van der Waals surface area contributed by atoms with Crippen LogP contribution in [0.4, 0.5) is 13.2 Å². The van der Waals surface area contributed by atoms with Gasteiger partial charge in [0.05, 0.1) is 0 Å². The van der Waals surface area contributed by atoms with Gasteiger partial charge in [-0.3, -0.25) is 0 Å². The van der Waals surface area contributed by atoms with E-state index >= 15 is 0 Å². The molecule has 0 aliphatic rings. The predicted octanol–water partition coefficient (Wildman–Crippen LogP) is 1.11. The second-order valence-electron chi connectivity index (χ2n) is 3.23. The highest BCUT2D eigenvalue weighted by Gasteiger charge is 2.48. The average Bonchev–Trinajstić information content (AvgIpc) is 2.25. The van der Waals surface area contributed by atoms with Gasteiger partial charge in [0.15, 0.2) is 10.1 Å². The van der Waals surface area contributed by atoms with E-state index < -0.39 is 28.2 Å². The van der Waals surface area contributed by atoms with Crippen LogP contribution in [0.5, 0.6) is 0 Å². The van der Waals surface area contributed by atoms with Crippen LogP contribution in [0.3, 0.4) is 0 Å². The molecule has 0 amide bonds. The Balaban J connectivity index is 4.53. The number of halogens is 3. The van der Waals surface area contributed by atoms with E-state index in [0.717, 1.165) is 0 Å². The van der Waals surface area contributed by atoms with Crippen molar-refractivity contribution in [3.05, 3.63) is 0 Å². The summed E-state index contributed by atoms with van der Waals surface area (Å²) in [5.41, 5.74) is 0. The fourth-order valence-electron chi connectivity index (χ4n) is 0.971. The normalized spacial score (nSPS) is 14.1. The Labute approximate surface area is 109 Å². The van der Waals surface area contributed by atoms with Crippen LogP contribution in [0.15, 0.2) is 0 Å². The molecule has 0 aromatic rings. The molecule has 0 aromatic carbocycles. The number of ether oxygens (including phenoxy) is 1. The Hall–Kier alpha value is -0.610. The zero-order chi connectivity index (χ0) is 14.6. The third-order valence-corrected chi connectivity index (χ3v) is 3.37. The molecule has 1 atom stereocenters. The standard InChI is InChI=1S/C8H14F3NO4S2/c1-3-12(4-2)7(17)16-5-6(9)8(10,11)18(13,14)15/h6H,3-5H2,1-2H3,(H,13,14,15)/p-1. The highest BCUT2D eigenvalue weighted by atomic mass is 32.2. The topological polar surface area (TPSA) is 69.7 Å². The first-order valence-electron chi connectivity index (χ1n) is 4.96. The van der Waals surface area contributed by atoms with E-state index in [4.69, 9.17) is 0 Å². The maximum atomic E-state index is 13.0. The quantitative estimate of drug-likeness (QED) is 0.541. The van der Waals surface area contributed by atoms with Gasteiger partial charge < -0.3 is 14.2 Å². The van der Waals surface area contributed by atoms with Gasteiger partial charge in [-0.05, 0) is 26.1 Å². The van der Waals surface area contributed by atoms with E-state index in [0.29, 0.717) is 13.1 Å². The Morgan fingerprint density at radius 3 is 2.22 bits per heavy atom. The number of hydrogen-bond donors (Lipinski definition) is 0. The van der Waals surface area contributed by atoms with Crippen LogP contribution in [-0.2, 0) is 14.9 Å². The van der Waals surface area contributed by atoms with Crippen LogP contribution in [0.1, 0.15) is 13.8 Å². The van der Waals surface area contributed by atoms with Crippen LogP contribution >= 0.6 is 12.2 Å². The van der Waals surface area contributed by atoms with Crippen molar-refractivity contribution in [3.63, 3.8) is 0 Å². The first kappa shape index (κ1) is 17.4. The highest BCUT2D eigenvalue weighted by molar-refractivity contribution is 7.86. The zero-order valence-corrected chi connectivity index (χ0v) is 11.4. The lowest BCUT2D eigenvalue weighted by molar-refractivity contribution is -0.0265. The van der Waals surface area contributed by atoms with Crippen molar-refractivity contribution in [3.8, 4) is 0 Å². The summed E-state index contributed by atoms with van der Waals surface area (Å²) in [4.78, 5) is 1.44. The molecular weight excluding hydrogens is 295 g/mol. The molecule has 108 valence electrons. The van der Waals surface area contributed by atoms with Gasteiger partial charge in [0, 0.05) is 13.1 Å². The van der Waals surface area contributed by atoms with Gasteiger partial charge in [0.2, 0.25) is 6.17 Å². The van der Waals surface area contributed by atoms with Gasteiger partial charge in [-0.15, -0.1) is 0 Å². The van der Waals surface area contributed by atoms with Crippen molar-refractivity contribution in [2.45, 2.75) is 25.3 Å². The largest absolute Gasteiger partial charge is 0.743 e. The van der Waals surface area contributed by atoms with Crippen LogP contribution in [-0.4, -0.2) is 54.2 Å². The zero-order valence-electron chi connectivity index (χ0n) is 9.73. The maximum absolute atomic E-state index is 13.0. The van der Waals surface area contributed by atoms with E-state index in [9.17, 15) is 26.1 Å².